The summed E-state index contributed by atoms with van der Waals surface area (Å²) in [5, 5.41) is 12.1. The minimum absolute atomic E-state index is 0.0948. The van der Waals surface area contributed by atoms with E-state index in [9.17, 15) is 9.90 Å². The van der Waals surface area contributed by atoms with Gasteiger partial charge >= 0.3 is 0 Å². The van der Waals surface area contributed by atoms with E-state index < -0.39 is 0 Å². The van der Waals surface area contributed by atoms with Gasteiger partial charge in [0.15, 0.2) is 5.76 Å². The van der Waals surface area contributed by atoms with Gasteiger partial charge < -0.3 is 14.7 Å². The fourth-order valence-corrected chi connectivity index (χ4v) is 2.78. The lowest BCUT2D eigenvalue weighted by Gasteiger charge is -2.17. The molecule has 1 N–H and O–H groups in total. The van der Waals surface area contributed by atoms with Crippen molar-refractivity contribution in [3.63, 3.8) is 0 Å². The SMILES string of the molecule is C[NH+](C)Cc1c([O-])ccc2c1OC(=Cc1ccc(Br)cc1)C2=O. The monoisotopic (exact) mass is 373 g/mol. The number of nitrogens with one attached hydrogen (secondary N) is 1. The molecule has 0 radical (unpaired) electrons. The normalized spacial score (nSPS) is 15.1. The summed E-state index contributed by atoms with van der Waals surface area (Å²) in [6.45, 7) is 0.515. The quantitative estimate of drug-likeness (QED) is 0.834. The molecule has 0 amide bonds. The van der Waals surface area contributed by atoms with Crippen molar-refractivity contribution >= 4 is 27.8 Å². The van der Waals surface area contributed by atoms with Crippen molar-refractivity contribution in [3.05, 3.63) is 63.3 Å². The van der Waals surface area contributed by atoms with Crippen LogP contribution in [0.3, 0.4) is 0 Å². The van der Waals surface area contributed by atoms with Crippen LogP contribution < -0.4 is 14.7 Å². The molecule has 2 aromatic carbocycles. The van der Waals surface area contributed by atoms with Gasteiger partial charge in [0.25, 0.3) is 0 Å². The molecule has 0 atom stereocenters. The third-order valence-electron chi connectivity index (χ3n) is 3.60. The molecule has 1 aliphatic heterocycles. The van der Waals surface area contributed by atoms with Crippen molar-refractivity contribution in [3.8, 4) is 11.5 Å². The molecular formula is C18H16BrNO3. The lowest BCUT2D eigenvalue weighted by molar-refractivity contribution is -0.872. The number of ketones is 1. The Bertz CT molecular complexity index is 795. The topological polar surface area (TPSA) is 53.8 Å². The number of rotatable bonds is 3. The highest BCUT2D eigenvalue weighted by Gasteiger charge is 2.30. The van der Waals surface area contributed by atoms with Crippen LogP contribution in [0.1, 0.15) is 21.5 Å². The Balaban J connectivity index is 2.00. The highest BCUT2D eigenvalue weighted by molar-refractivity contribution is 9.10. The van der Waals surface area contributed by atoms with Crippen LogP contribution in [0.25, 0.3) is 6.08 Å². The number of halogens is 1. The molecule has 0 unspecified atom stereocenters. The van der Waals surface area contributed by atoms with Crippen molar-refractivity contribution in [2.24, 2.45) is 0 Å². The molecule has 4 nitrogen and oxygen atoms in total. The third kappa shape index (κ3) is 3.16. The van der Waals surface area contributed by atoms with Gasteiger partial charge in [0.05, 0.1) is 19.7 Å². The number of carbonyl (C=O) groups is 1. The van der Waals surface area contributed by atoms with E-state index in [4.69, 9.17) is 4.74 Å². The van der Waals surface area contributed by atoms with Crippen LogP contribution in [0.2, 0.25) is 0 Å². The molecule has 3 rings (SSSR count). The zero-order chi connectivity index (χ0) is 16.6. The number of Topliss-reactive ketones (excluding diaryl/α,β-unsaturated/α-hetero) is 1. The Hall–Kier alpha value is -2.11. The van der Waals surface area contributed by atoms with E-state index in [2.05, 4.69) is 15.9 Å². The molecule has 2 aromatic rings. The standard InChI is InChI=1S/C18H16BrNO3/c1-20(2)10-14-15(21)8-7-13-17(22)16(23-18(13)14)9-11-3-5-12(19)6-4-11/h3-9,21H,10H2,1-2H3. The van der Waals surface area contributed by atoms with Crippen molar-refractivity contribution in [2.45, 2.75) is 6.54 Å². The number of hydrogen-bond acceptors (Lipinski definition) is 3. The van der Waals surface area contributed by atoms with Gasteiger partial charge in [0.2, 0.25) is 5.78 Å². The van der Waals surface area contributed by atoms with Gasteiger partial charge in [-0.05, 0) is 29.8 Å². The van der Waals surface area contributed by atoms with Gasteiger partial charge in [0.1, 0.15) is 12.3 Å². The maximum atomic E-state index is 12.5. The zero-order valence-corrected chi connectivity index (χ0v) is 14.4. The Morgan fingerprint density at radius 1 is 1.17 bits per heavy atom. The molecule has 0 saturated heterocycles. The van der Waals surface area contributed by atoms with E-state index in [0.29, 0.717) is 23.4 Å². The molecule has 1 aliphatic rings. The molecule has 1 heterocycles. The molecule has 0 saturated carbocycles. The Labute approximate surface area is 143 Å². The summed E-state index contributed by atoms with van der Waals surface area (Å²) in [4.78, 5) is 13.6. The highest BCUT2D eigenvalue weighted by atomic mass is 79.9. The minimum Gasteiger partial charge on any atom is -0.872 e. The van der Waals surface area contributed by atoms with Gasteiger partial charge in [-0.1, -0.05) is 39.9 Å². The van der Waals surface area contributed by atoms with Gasteiger partial charge in [-0.25, -0.2) is 0 Å². The van der Waals surface area contributed by atoms with Crippen LogP contribution in [-0.4, -0.2) is 19.9 Å². The van der Waals surface area contributed by atoms with E-state index in [0.717, 1.165) is 14.9 Å². The molecule has 0 spiro atoms. The van der Waals surface area contributed by atoms with Crippen LogP contribution in [-0.2, 0) is 6.54 Å². The van der Waals surface area contributed by atoms with Crippen molar-refractivity contribution in [2.75, 3.05) is 14.1 Å². The van der Waals surface area contributed by atoms with Crippen LogP contribution in [0.5, 0.6) is 11.5 Å². The maximum Gasteiger partial charge on any atom is 0.231 e. The van der Waals surface area contributed by atoms with Gasteiger partial charge in [-0.3, -0.25) is 4.79 Å². The van der Waals surface area contributed by atoms with E-state index in [1.807, 2.05) is 38.4 Å². The first-order valence-electron chi connectivity index (χ1n) is 7.27. The fourth-order valence-electron chi connectivity index (χ4n) is 2.52. The minimum atomic E-state index is -0.182. The van der Waals surface area contributed by atoms with Gasteiger partial charge in [-0.15, -0.1) is 0 Å². The van der Waals surface area contributed by atoms with E-state index in [1.165, 1.54) is 6.07 Å². The average Bonchev–Trinajstić information content (AvgIpc) is 2.81. The zero-order valence-electron chi connectivity index (χ0n) is 12.9. The second-order valence-corrected chi connectivity index (χ2v) is 6.71. The molecule has 5 heteroatoms. The lowest BCUT2D eigenvalue weighted by Crippen LogP contribution is -3.04. The first-order valence-corrected chi connectivity index (χ1v) is 8.06. The van der Waals surface area contributed by atoms with E-state index in [1.54, 1.807) is 12.1 Å². The summed E-state index contributed by atoms with van der Waals surface area (Å²) in [5.41, 5.74) is 1.88. The number of carbonyl (C=O) groups excluding carboxylic acids is 1. The summed E-state index contributed by atoms with van der Waals surface area (Å²) in [6, 6.07) is 10.6. The summed E-state index contributed by atoms with van der Waals surface area (Å²) in [7, 11) is 3.91. The fraction of sp³-hybridized carbons (Fsp3) is 0.167. The maximum absolute atomic E-state index is 12.5. The lowest BCUT2D eigenvalue weighted by atomic mass is 10.0. The van der Waals surface area contributed by atoms with Crippen LogP contribution in [0, 0.1) is 0 Å². The predicted molar refractivity (Wildman–Crippen MR) is 89.5 cm³/mol. The van der Waals surface area contributed by atoms with Crippen LogP contribution in [0.4, 0.5) is 0 Å². The molecular weight excluding hydrogens is 358 g/mol. The smallest absolute Gasteiger partial charge is 0.231 e. The summed E-state index contributed by atoms with van der Waals surface area (Å²) < 4.78 is 6.72. The second kappa shape index (κ2) is 6.18. The van der Waals surface area contributed by atoms with Crippen molar-refractivity contribution in [1.29, 1.82) is 0 Å². The molecule has 0 aliphatic carbocycles. The van der Waals surface area contributed by atoms with Crippen LogP contribution in [0.15, 0.2) is 46.6 Å². The Morgan fingerprint density at radius 2 is 1.87 bits per heavy atom. The number of allylic oxidation sites excluding steroid dienone is 1. The first kappa shape index (κ1) is 15.8. The Kier molecular flexibility index (Phi) is 4.24. The number of hydrogen-bond donors (Lipinski definition) is 1. The number of fused-ring (bicyclic) bond motifs is 1. The molecule has 23 heavy (non-hydrogen) atoms. The van der Waals surface area contributed by atoms with Crippen LogP contribution >= 0.6 is 15.9 Å². The van der Waals surface area contributed by atoms with Crippen molar-refractivity contribution < 1.29 is 19.5 Å². The summed E-state index contributed by atoms with van der Waals surface area (Å²) in [5.74, 6) is 0.385. The number of benzene rings is 2. The average molecular weight is 374 g/mol. The summed E-state index contributed by atoms with van der Waals surface area (Å²) in [6.07, 6.45) is 1.70. The molecule has 118 valence electrons. The Morgan fingerprint density at radius 3 is 2.52 bits per heavy atom. The third-order valence-corrected chi connectivity index (χ3v) is 4.12. The number of quaternary nitrogens is 1. The molecule has 0 bridgehead atoms. The second-order valence-electron chi connectivity index (χ2n) is 5.79. The van der Waals surface area contributed by atoms with Gasteiger partial charge in [-0.2, -0.15) is 0 Å². The largest absolute Gasteiger partial charge is 0.872 e. The number of ether oxygens (including phenoxy) is 1. The summed E-state index contributed by atoms with van der Waals surface area (Å²) >= 11 is 3.38. The van der Waals surface area contributed by atoms with Gasteiger partial charge in [0, 0.05) is 10.0 Å². The predicted octanol–water partition coefficient (Wildman–Crippen LogP) is 1.78. The van der Waals surface area contributed by atoms with Crippen molar-refractivity contribution in [1.82, 2.24) is 0 Å². The highest BCUT2D eigenvalue weighted by Crippen LogP contribution is 2.38. The molecule has 0 fully saturated rings. The first-order chi connectivity index (χ1) is 11.0. The molecule has 0 aromatic heterocycles. The van der Waals surface area contributed by atoms with E-state index >= 15 is 0 Å². The van der Waals surface area contributed by atoms with E-state index in [-0.39, 0.29) is 17.3 Å².